The van der Waals surface area contributed by atoms with Gasteiger partial charge in [-0.05, 0) is 53.2 Å². The van der Waals surface area contributed by atoms with Crippen LogP contribution in [0, 0.1) is 5.41 Å². The normalized spacial score (nSPS) is 14.4. The molecule has 4 rings (SSSR count). The van der Waals surface area contributed by atoms with Crippen molar-refractivity contribution in [2.75, 3.05) is 36.4 Å². The van der Waals surface area contributed by atoms with Gasteiger partial charge in [0, 0.05) is 48.1 Å². The number of nitrogens with zero attached hydrogens (tertiary/aromatic N) is 1. The van der Waals surface area contributed by atoms with Crippen LogP contribution in [0.1, 0.15) is 5.56 Å². The maximum atomic E-state index is 8.34. The van der Waals surface area contributed by atoms with Gasteiger partial charge >= 0.3 is 0 Å². The monoisotopic (exact) mass is 364 g/mol. The van der Waals surface area contributed by atoms with E-state index in [2.05, 4.69) is 45.9 Å². The number of anilines is 2. The topological polar surface area (TPSA) is 51.2 Å². The highest BCUT2D eigenvalue weighted by Gasteiger charge is 2.11. The van der Waals surface area contributed by atoms with Gasteiger partial charge in [0.15, 0.2) is 0 Å². The van der Waals surface area contributed by atoms with Crippen LogP contribution in [0.5, 0.6) is 0 Å². The first-order valence-electron chi connectivity index (χ1n) is 8.80. The minimum absolute atomic E-state index is 0.375. The zero-order valence-corrected chi connectivity index (χ0v) is 15.2. The average Bonchev–Trinajstić information content (AvgIpc) is 2.69. The predicted molar refractivity (Wildman–Crippen MR) is 111 cm³/mol. The number of rotatable bonds is 3. The summed E-state index contributed by atoms with van der Waals surface area (Å²) in [5.74, 6) is 0.375. The van der Waals surface area contributed by atoms with Crippen LogP contribution >= 0.6 is 11.6 Å². The first-order valence-corrected chi connectivity index (χ1v) is 9.18. The number of nitrogens with one attached hydrogen (secondary N) is 3. The van der Waals surface area contributed by atoms with E-state index >= 15 is 0 Å². The lowest BCUT2D eigenvalue weighted by molar-refractivity contribution is 0.589. The lowest BCUT2D eigenvalue weighted by Crippen LogP contribution is -2.43. The summed E-state index contributed by atoms with van der Waals surface area (Å²) in [7, 11) is 0. The van der Waals surface area contributed by atoms with E-state index in [-0.39, 0.29) is 0 Å². The number of amidine groups is 1. The Morgan fingerprint density at radius 2 is 1.62 bits per heavy atom. The van der Waals surface area contributed by atoms with Crippen molar-refractivity contribution in [3.63, 3.8) is 0 Å². The van der Waals surface area contributed by atoms with Gasteiger partial charge in [-0.15, -0.1) is 0 Å². The van der Waals surface area contributed by atoms with Crippen LogP contribution < -0.4 is 15.5 Å². The molecule has 3 N–H and O–H groups in total. The van der Waals surface area contributed by atoms with E-state index in [1.165, 1.54) is 11.1 Å². The number of hydrogen-bond acceptors (Lipinski definition) is 3. The van der Waals surface area contributed by atoms with E-state index in [1.54, 1.807) is 0 Å². The van der Waals surface area contributed by atoms with Gasteiger partial charge in [0.05, 0.1) is 0 Å². The van der Waals surface area contributed by atoms with Crippen molar-refractivity contribution < 1.29 is 0 Å². The fraction of sp³-hybridized carbons (Fsp3) is 0.190. The molecule has 0 aliphatic carbocycles. The van der Waals surface area contributed by atoms with Crippen molar-refractivity contribution in [2.24, 2.45) is 0 Å². The zero-order chi connectivity index (χ0) is 17.9. The summed E-state index contributed by atoms with van der Waals surface area (Å²) in [5.41, 5.74) is 2.98. The van der Waals surface area contributed by atoms with Crippen LogP contribution in [0.15, 0.2) is 60.7 Å². The lowest BCUT2D eigenvalue weighted by atomic mass is 10.0. The highest BCUT2D eigenvalue weighted by Crippen LogP contribution is 2.24. The summed E-state index contributed by atoms with van der Waals surface area (Å²) < 4.78 is 0. The predicted octanol–water partition coefficient (Wildman–Crippen LogP) is 4.34. The summed E-state index contributed by atoms with van der Waals surface area (Å²) in [6.45, 7) is 4.15. The molecule has 26 heavy (non-hydrogen) atoms. The highest BCUT2D eigenvalue weighted by molar-refractivity contribution is 6.30. The molecule has 132 valence electrons. The van der Waals surface area contributed by atoms with Crippen LogP contribution in [-0.4, -0.2) is 32.0 Å². The van der Waals surface area contributed by atoms with Gasteiger partial charge in [-0.2, -0.15) is 0 Å². The van der Waals surface area contributed by atoms with Gasteiger partial charge in [-0.25, -0.2) is 0 Å². The Balaban J connectivity index is 1.55. The SMILES string of the molecule is N=C(Nc1ccc(Cl)cc1)c1ccc2cc(N3CCNCC3)ccc2c1. The lowest BCUT2D eigenvalue weighted by Gasteiger charge is -2.29. The average molecular weight is 365 g/mol. The fourth-order valence-corrected chi connectivity index (χ4v) is 3.38. The van der Waals surface area contributed by atoms with Crippen LogP contribution in [0.3, 0.4) is 0 Å². The van der Waals surface area contributed by atoms with E-state index in [0.717, 1.165) is 42.8 Å². The second-order valence-electron chi connectivity index (χ2n) is 6.49. The Morgan fingerprint density at radius 3 is 2.38 bits per heavy atom. The van der Waals surface area contributed by atoms with Gasteiger partial charge in [-0.1, -0.05) is 29.8 Å². The molecule has 0 saturated carbocycles. The molecule has 1 heterocycles. The van der Waals surface area contributed by atoms with Crippen molar-refractivity contribution >= 4 is 39.6 Å². The summed E-state index contributed by atoms with van der Waals surface area (Å²) in [4.78, 5) is 2.41. The Kier molecular flexibility index (Phi) is 4.78. The van der Waals surface area contributed by atoms with E-state index in [0.29, 0.717) is 10.9 Å². The molecular weight excluding hydrogens is 344 g/mol. The molecule has 0 radical (unpaired) electrons. The van der Waals surface area contributed by atoms with Gasteiger partial charge in [0.25, 0.3) is 0 Å². The second kappa shape index (κ2) is 7.36. The number of hydrogen-bond donors (Lipinski definition) is 3. The smallest absolute Gasteiger partial charge is 0.129 e. The van der Waals surface area contributed by atoms with Gasteiger partial charge < -0.3 is 15.5 Å². The molecule has 0 amide bonds. The first-order chi connectivity index (χ1) is 12.7. The van der Waals surface area contributed by atoms with Crippen LogP contribution in [0.2, 0.25) is 5.02 Å². The summed E-state index contributed by atoms with van der Waals surface area (Å²) >= 11 is 5.91. The molecule has 0 bridgehead atoms. The minimum Gasteiger partial charge on any atom is -0.369 e. The van der Waals surface area contributed by atoms with Crippen molar-refractivity contribution in [1.82, 2.24) is 5.32 Å². The molecule has 3 aromatic carbocycles. The maximum absolute atomic E-state index is 8.34. The fourth-order valence-electron chi connectivity index (χ4n) is 3.26. The number of piperazine rings is 1. The molecule has 4 nitrogen and oxygen atoms in total. The summed E-state index contributed by atoms with van der Waals surface area (Å²) in [6.07, 6.45) is 0. The molecule has 0 spiro atoms. The van der Waals surface area contributed by atoms with Crippen molar-refractivity contribution in [1.29, 1.82) is 5.41 Å². The third kappa shape index (κ3) is 3.66. The molecule has 1 saturated heterocycles. The maximum Gasteiger partial charge on any atom is 0.129 e. The van der Waals surface area contributed by atoms with Crippen molar-refractivity contribution in [3.05, 3.63) is 71.2 Å². The van der Waals surface area contributed by atoms with Crippen LogP contribution in [0.25, 0.3) is 10.8 Å². The van der Waals surface area contributed by atoms with Crippen molar-refractivity contribution in [2.45, 2.75) is 0 Å². The second-order valence-corrected chi connectivity index (χ2v) is 6.93. The van der Waals surface area contributed by atoms with Crippen LogP contribution in [0.4, 0.5) is 11.4 Å². The number of halogens is 1. The Morgan fingerprint density at radius 1 is 0.923 bits per heavy atom. The zero-order valence-electron chi connectivity index (χ0n) is 14.4. The molecule has 0 unspecified atom stereocenters. The molecular formula is C21H21ClN4. The third-order valence-electron chi connectivity index (χ3n) is 4.71. The molecule has 1 aliphatic rings. The standard InChI is InChI=1S/C21H21ClN4/c22-18-4-6-19(7-5-18)25-21(23)17-2-1-16-14-20(8-3-15(16)13-17)26-11-9-24-10-12-26/h1-8,13-14,24H,9-12H2,(H2,23,25). The van der Waals surface area contributed by atoms with E-state index in [9.17, 15) is 0 Å². The minimum atomic E-state index is 0.375. The molecule has 1 aliphatic heterocycles. The largest absolute Gasteiger partial charge is 0.369 e. The third-order valence-corrected chi connectivity index (χ3v) is 4.96. The quantitative estimate of drug-likeness (QED) is 0.478. The molecule has 1 fully saturated rings. The van der Waals surface area contributed by atoms with Gasteiger partial charge in [0.2, 0.25) is 0 Å². The molecule has 5 heteroatoms. The van der Waals surface area contributed by atoms with E-state index in [1.807, 2.05) is 30.3 Å². The highest BCUT2D eigenvalue weighted by atomic mass is 35.5. The van der Waals surface area contributed by atoms with E-state index < -0.39 is 0 Å². The Hall–Kier alpha value is -2.56. The molecule has 0 aromatic heterocycles. The Labute approximate surface area is 158 Å². The number of benzene rings is 3. The van der Waals surface area contributed by atoms with Gasteiger partial charge in [0.1, 0.15) is 5.84 Å². The summed E-state index contributed by atoms with van der Waals surface area (Å²) in [5, 5.41) is 17.9. The first kappa shape index (κ1) is 16.9. The van der Waals surface area contributed by atoms with Gasteiger partial charge in [-0.3, -0.25) is 5.41 Å². The van der Waals surface area contributed by atoms with Crippen LogP contribution in [-0.2, 0) is 0 Å². The number of fused-ring (bicyclic) bond motifs is 1. The van der Waals surface area contributed by atoms with E-state index in [4.69, 9.17) is 17.0 Å². The summed E-state index contributed by atoms with van der Waals surface area (Å²) in [6, 6.07) is 20.1. The molecule has 3 aromatic rings. The molecule has 0 atom stereocenters. The van der Waals surface area contributed by atoms with Crippen molar-refractivity contribution in [3.8, 4) is 0 Å². The Bertz CT molecular complexity index is 930.